The molecule has 2 amide bonds. The van der Waals surface area contributed by atoms with E-state index in [0.717, 1.165) is 5.56 Å². The Hall–Kier alpha value is -3.95. The number of amides is 2. The lowest BCUT2D eigenvalue weighted by atomic mass is 9.94. The standard InChI is InChI=1S/C23H26N2O8/c1-29-16-8-5-14(6-9-16)13-33-23(28)24-19-20(22(27)32-4)25(21(19)26)12-15-7-10-17(30-2)11-18(15)31-3/h5-11,19-20H,12-13H2,1-4H3,(H,24,28)/t19-,20-/m1/s1. The van der Waals surface area contributed by atoms with Crippen molar-refractivity contribution in [3.05, 3.63) is 53.6 Å². The van der Waals surface area contributed by atoms with Gasteiger partial charge in [-0.2, -0.15) is 0 Å². The lowest BCUT2D eigenvalue weighted by molar-refractivity contribution is -0.169. The van der Waals surface area contributed by atoms with Gasteiger partial charge in [0, 0.05) is 11.6 Å². The van der Waals surface area contributed by atoms with E-state index in [9.17, 15) is 14.4 Å². The summed E-state index contributed by atoms with van der Waals surface area (Å²) in [5.74, 6) is 0.681. The van der Waals surface area contributed by atoms with E-state index in [2.05, 4.69) is 5.32 Å². The number of nitrogens with zero attached hydrogens (tertiary/aromatic N) is 1. The Morgan fingerprint density at radius 3 is 2.21 bits per heavy atom. The Morgan fingerprint density at radius 1 is 0.939 bits per heavy atom. The number of alkyl carbamates (subject to hydrolysis) is 1. The molecule has 176 valence electrons. The van der Waals surface area contributed by atoms with Gasteiger partial charge in [-0.15, -0.1) is 0 Å². The molecule has 2 aromatic carbocycles. The molecule has 10 heteroatoms. The van der Waals surface area contributed by atoms with Gasteiger partial charge in [0.25, 0.3) is 0 Å². The number of esters is 1. The predicted molar refractivity (Wildman–Crippen MR) is 116 cm³/mol. The molecule has 2 atom stereocenters. The van der Waals surface area contributed by atoms with Gasteiger partial charge in [-0.25, -0.2) is 9.59 Å². The molecule has 0 bridgehead atoms. The molecular formula is C23H26N2O8. The molecule has 0 radical (unpaired) electrons. The zero-order valence-electron chi connectivity index (χ0n) is 18.8. The van der Waals surface area contributed by atoms with Crippen molar-refractivity contribution in [2.75, 3.05) is 28.4 Å². The first-order chi connectivity index (χ1) is 15.9. The number of hydrogen-bond acceptors (Lipinski definition) is 8. The lowest BCUT2D eigenvalue weighted by Crippen LogP contribution is -2.73. The maximum absolute atomic E-state index is 12.8. The zero-order valence-corrected chi connectivity index (χ0v) is 18.8. The monoisotopic (exact) mass is 458 g/mol. The van der Waals surface area contributed by atoms with Crippen LogP contribution in [-0.2, 0) is 32.2 Å². The number of carbonyl (C=O) groups excluding carboxylic acids is 3. The number of methoxy groups -OCH3 is 4. The van der Waals surface area contributed by atoms with Crippen molar-refractivity contribution >= 4 is 18.0 Å². The highest BCUT2D eigenvalue weighted by Crippen LogP contribution is 2.30. The molecular weight excluding hydrogens is 432 g/mol. The van der Waals surface area contributed by atoms with Crippen molar-refractivity contribution < 1.29 is 38.1 Å². The first-order valence-electron chi connectivity index (χ1n) is 10.1. The zero-order chi connectivity index (χ0) is 24.0. The van der Waals surface area contributed by atoms with Crippen LogP contribution in [0.5, 0.6) is 17.2 Å². The summed E-state index contributed by atoms with van der Waals surface area (Å²) in [4.78, 5) is 38.7. The number of likely N-dealkylation sites (tertiary alicyclic amines) is 1. The van der Waals surface area contributed by atoms with E-state index in [1.165, 1.54) is 26.2 Å². The molecule has 10 nitrogen and oxygen atoms in total. The third-order valence-electron chi connectivity index (χ3n) is 5.28. The lowest BCUT2D eigenvalue weighted by Gasteiger charge is -2.45. The largest absolute Gasteiger partial charge is 0.497 e. The van der Waals surface area contributed by atoms with Gasteiger partial charge in [0.15, 0.2) is 6.04 Å². The highest BCUT2D eigenvalue weighted by molar-refractivity contribution is 6.01. The predicted octanol–water partition coefficient (Wildman–Crippen LogP) is 1.89. The summed E-state index contributed by atoms with van der Waals surface area (Å²) in [7, 11) is 5.80. The van der Waals surface area contributed by atoms with E-state index < -0.39 is 30.1 Å². The molecule has 1 saturated heterocycles. The molecule has 33 heavy (non-hydrogen) atoms. The van der Waals surface area contributed by atoms with Gasteiger partial charge in [-0.1, -0.05) is 12.1 Å². The number of nitrogens with one attached hydrogen (secondary N) is 1. The third-order valence-corrected chi connectivity index (χ3v) is 5.28. The molecule has 2 aromatic rings. The summed E-state index contributed by atoms with van der Waals surface area (Å²) in [6, 6.07) is 10.0. The van der Waals surface area contributed by atoms with Crippen LogP contribution in [0.4, 0.5) is 4.79 Å². The van der Waals surface area contributed by atoms with E-state index in [-0.39, 0.29) is 13.2 Å². The molecule has 0 spiro atoms. The van der Waals surface area contributed by atoms with Crippen LogP contribution in [0, 0.1) is 0 Å². The maximum atomic E-state index is 12.8. The van der Waals surface area contributed by atoms with Gasteiger partial charge in [-0.3, -0.25) is 4.79 Å². The second-order valence-corrected chi connectivity index (χ2v) is 7.16. The van der Waals surface area contributed by atoms with Gasteiger partial charge >= 0.3 is 12.1 Å². The van der Waals surface area contributed by atoms with Crippen LogP contribution < -0.4 is 19.5 Å². The van der Waals surface area contributed by atoms with Crippen LogP contribution >= 0.6 is 0 Å². The van der Waals surface area contributed by atoms with E-state index in [0.29, 0.717) is 22.8 Å². The van der Waals surface area contributed by atoms with Crippen LogP contribution in [0.1, 0.15) is 11.1 Å². The molecule has 1 aliphatic heterocycles. The average molecular weight is 458 g/mol. The van der Waals surface area contributed by atoms with Crippen LogP contribution in [0.25, 0.3) is 0 Å². The number of carbonyl (C=O) groups is 3. The van der Waals surface area contributed by atoms with E-state index in [4.69, 9.17) is 23.7 Å². The summed E-state index contributed by atoms with van der Waals surface area (Å²) < 4.78 is 25.7. The Morgan fingerprint density at radius 2 is 1.61 bits per heavy atom. The number of benzene rings is 2. The van der Waals surface area contributed by atoms with Crippen molar-refractivity contribution in [2.45, 2.75) is 25.2 Å². The number of ether oxygens (including phenoxy) is 5. The first-order valence-corrected chi connectivity index (χ1v) is 10.1. The van der Waals surface area contributed by atoms with Crippen LogP contribution in [-0.4, -0.2) is 63.4 Å². The highest BCUT2D eigenvalue weighted by atomic mass is 16.5. The summed E-state index contributed by atoms with van der Waals surface area (Å²) >= 11 is 0. The molecule has 0 saturated carbocycles. The topological polar surface area (TPSA) is 113 Å². The average Bonchev–Trinajstić information content (AvgIpc) is 2.86. The number of rotatable bonds is 9. The minimum Gasteiger partial charge on any atom is -0.497 e. The van der Waals surface area contributed by atoms with Crippen molar-refractivity contribution in [2.24, 2.45) is 0 Å². The van der Waals surface area contributed by atoms with E-state index >= 15 is 0 Å². The highest BCUT2D eigenvalue weighted by Gasteiger charge is 2.53. The summed E-state index contributed by atoms with van der Waals surface area (Å²) in [5, 5.41) is 2.46. The quantitative estimate of drug-likeness (QED) is 0.448. The van der Waals surface area contributed by atoms with E-state index in [1.807, 2.05) is 0 Å². The number of β-lactam (4-membered cyclic amide) rings is 1. The van der Waals surface area contributed by atoms with Gasteiger partial charge in [0.05, 0.1) is 35.0 Å². The Balaban J connectivity index is 1.65. The van der Waals surface area contributed by atoms with Gasteiger partial charge in [0.1, 0.15) is 29.9 Å². The van der Waals surface area contributed by atoms with Crippen LogP contribution in [0.2, 0.25) is 0 Å². The summed E-state index contributed by atoms with van der Waals surface area (Å²) in [6.45, 7) is 0.0806. The molecule has 0 aromatic heterocycles. The molecule has 1 fully saturated rings. The second-order valence-electron chi connectivity index (χ2n) is 7.16. The van der Waals surface area contributed by atoms with E-state index in [1.54, 1.807) is 49.6 Å². The summed E-state index contributed by atoms with van der Waals surface area (Å²) in [6.07, 6.45) is -0.820. The SMILES string of the molecule is COC(=O)[C@H]1[C@@H](NC(=O)OCc2ccc(OC)cc2)C(=O)N1Cc1ccc(OC)cc1OC. The van der Waals surface area contributed by atoms with Crippen LogP contribution in [0.15, 0.2) is 42.5 Å². The van der Waals surface area contributed by atoms with Gasteiger partial charge in [0.2, 0.25) is 5.91 Å². The Labute approximate surface area is 191 Å². The van der Waals surface area contributed by atoms with Gasteiger partial charge < -0.3 is 33.9 Å². The molecule has 1 aliphatic rings. The van der Waals surface area contributed by atoms with Crippen LogP contribution in [0.3, 0.4) is 0 Å². The fraction of sp³-hybridized carbons (Fsp3) is 0.348. The minimum atomic E-state index is -1.09. The Kier molecular flexibility index (Phi) is 7.60. The normalized spacial score (nSPS) is 17.0. The summed E-state index contributed by atoms with van der Waals surface area (Å²) in [5.41, 5.74) is 1.41. The fourth-order valence-electron chi connectivity index (χ4n) is 3.45. The molecule has 0 unspecified atom stereocenters. The van der Waals surface area contributed by atoms with Crippen molar-refractivity contribution in [3.63, 3.8) is 0 Å². The number of hydrogen-bond donors (Lipinski definition) is 1. The third kappa shape index (κ3) is 5.28. The van der Waals surface area contributed by atoms with Crippen molar-refractivity contribution in [1.82, 2.24) is 10.2 Å². The molecule has 1 N–H and O–H groups in total. The molecule has 3 rings (SSSR count). The minimum absolute atomic E-state index is 0.00755. The second kappa shape index (κ2) is 10.6. The van der Waals surface area contributed by atoms with Gasteiger partial charge in [-0.05, 0) is 29.8 Å². The molecule has 0 aliphatic carbocycles. The molecule has 1 heterocycles. The maximum Gasteiger partial charge on any atom is 0.408 e. The fourth-order valence-corrected chi connectivity index (χ4v) is 3.45. The van der Waals surface area contributed by atoms with Crippen molar-refractivity contribution in [3.8, 4) is 17.2 Å². The first kappa shape index (κ1) is 23.7. The van der Waals surface area contributed by atoms with Crippen molar-refractivity contribution in [1.29, 1.82) is 0 Å². The smallest absolute Gasteiger partial charge is 0.408 e. The Bertz CT molecular complexity index is 1010.